The highest BCUT2D eigenvalue weighted by atomic mass is 16.5. The van der Waals surface area contributed by atoms with Gasteiger partial charge in [0.2, 0.25) is 0 Å². The van der Waals surface area contributed by atoms with Crippen molar-refractivity contribution in [3.05, 3.63) is 23.8 Å². The summed E-state index contributed by atoms with van der Waals surface area (Å²) < 4.78 is 10.4. The Bertz CT molecular complexity index is 412. The molecule has 0 aliphatic carbocycles. The van der Waals surface area contributed by atoms with Gasteiger partial charge in [-0.1, -0.05) is 13.8 Å². The molecule has 0 spiro atoms. The van der Waals surface area contributed by atoms with Gasteiger partial charge in [-0.3, -0.25) is 4.79 Å². The number of hydrogen-bond acceptors (Lipinski definition) is 3. The molecule has 100 valence electrons. The quantitative estimate of drug-likeness (QED) is 0.845. The first-order valence-corrected chi connectivity index (χ1v) is 5.94. The number of aliphatic carboxylic acids is 1. The predicted octanol–water partition coefficient (Wildman–Crippen LogP) is 2.92. The lowest BCUT2D eigenvalue weighted by atomic mass is 9.89. The fraction of sp³-hybridized carbons (Fsp3) is 0.500. The Morgan fingerprint density at radius 3 is 2.39 bits per heavy atom. The monoisotopic (exact) mass is 252 g/mol. The third-order valence-corrected chi connectivity index (χ3v) is 2.82. The van der Waals surface area contributed by atoms with Gasteiger partial charge in [-0.2, -0.15) is 0 Å². The number of carbonyl (C=O) groups is 1. The second-order valence-corrected chi connectivity index (χ2v) is 4.63. The molecule has 0 heterocycles. The van der Waals surface area contributed by atoms with Crippen molar-refractivity contribution in [3.63, 3.8) is 0 Å². The molecular weight excluding hydrogens is 232 g/mol. The number of hydrogen-bond donors (Lipinski definition) is 1. The molecule has 1 aromatic rings. The Morgan fingerprint density at radius 1 is 1.28 bits per heavy atom. The maximum atomic E-state index is 11.4. The van der Waals surface area contributed by atoms with Gasteiger partial charge in [-0.15, -0.1) is 0 Å². The average molecular weight is 252 g/mol. The summed E-state index contributed by atoms with van der Waals surface area (Å²) in [6.07, 6.45) is 0.568. The second-order valence-electron chi connectivity index (χ2n) is 4.63. The molecule has 4 heteroatoms. The van der Waals surface area contributed by atoms with Gasteiger partial charge >= 0.3 is 5.97 Å². The van der Waals surface area contributed by atoms with Crippen LogP contribution in [0.25, 0.3) is 0 Å². The van der Waals surface area contributed by atoms with Gasteiger partial charge in [0.25, 0.3) is 0 Å². The zero-order chi connectivity index (χ0) is 13.7. The number of methoxy groups -OCH3 is 2. The van der Waals surface area contributed by atoms with Crippen molar-refractivity contribution in [2.45, 2.75) is 26.2 Å². The molecule has 1 aromatic carbocycles. The van der Waals surface area contributed by atoms with E-state index in [0.717, 1.165) is 0 Å². The first kappa shape index (κ1) is 14.4. The summed E-state index contributed by atoms with van der Waals surface area (Å²) in [5, 5.41) is 9.36. The van der Waals surface area contributed by atoms with Crippen molar-refractivity contribution in [1.82, 2.24) is 0 Å². The van der Waals surface area contributed by atoms with Crippen molar-refractivity contribution >= 4 is 5.97 Å². The second kappa shape index (κ2) is 6.28. The lowest BCUT2D eigenvalue weighted by molar-refractivity contribution is -0.139. The van der Waals surface area contributed by atoms with E-state index in [-0.39, 0.29) is 0 Å². The molecule has 0 bridgehead atoms. The number of rotatable bonds is 6. The van der Waals surface area contributed by atoms with Crippen LogP contribution in [0.2, 0.25) is 0 Å². The summed E-state index contributed by atoms with van der Waals surface area (Å²) in [4.78, 5) is 11.4. The molecule has 0 aromatic heterocycles. The van der Waals surface area contributed by atoms with Gasteiger partial charge in [0.05, 0.1) is 20.1 Å². The first-order valence-electron chi connectivity index (χ1n) is 5.94. The number of benzene rings is 1. The van der Waals surface area contributed by atoms with Crippen molar-refractivity contribution < 1.29 is 19.4 Å². The van der Waals surface area contributed by atoms with E-state index in [9.17, 15) is 9.90 Å². The van der Waals surface area contributed by atoms with Crippen molar-refractivity contribution in [2.24, 2.45) is 5.92 Å². The maximum Gasteiger partial charge on any atom is 0.311 e. The van der Waals surface area contributed by atoms with E-state index in [2.05, 4.69) is 0 Å². The van der Waals surface area contributed by atoms with E-state index in [0.29, 0.717) is 29.4 Å². The molecule has 0 aliphatic heterocycles. The maximum absolute atomic E-state index is 11.4. The summed E-state index contributed by atoms with van der Waals surface area (Å²) >= 11 is 0. The highest BCUT2D eigenvalue weighted by Gasteiger charge is 2.25. The molecule has 18 heavy (non-hydrogen) atoms. The standard InChI is InChI=1S/C14H20O4/c1-9(2)7-12(14(15)16)11-8-10(17-3)5-6-13(11)18-4/h5-6,8-9,12H,7H2,1-4H3,(H,15,16). The highest BCUT2D eigenvalue weighted by Crippen LogP contribution is 2.34. The SMILES string of the molecule is COc1ccc(OC)c(C(CC(C)C)C(=O)O)c1. The largest absolute Gasteiger partial charge is 0.497 e. The third-order valence-electron chi connectivity index (χ3n) is 2.82. The Labute approximate surface area is 108 Å². The molecule has 0 saturated carbocycles. The molecule has 0 fully saturated rings. The van der Waals surface area contributed by atoms with Crippen LogP contribution in [0.5, 0.6) is 11.5 Å². The van der Waals surface area contributed by atoms with E-state index in [1.54, 1.807) is 32.4 Å². The molecule has 1 rings (SSSR count). The van der Waals surface area contributed by atoms with E-state index in [4.69, 9.17) is 9.47 Å². The number of carboxylic acid groups (broad SMARTS) is 1. The zero-order valence-corrected chi connectivity index (χ0v) is 11.3. The van der Waals surface area contributed by atoms with Crippen LogP contribution in [0.1, 0.15) is 31.7 Å². The van der Waals surface area contributed by atoms with Crippen LogP contribution < -0.4 is 9.47 Å². The van der Waals surface area contributed by atoms with E-state index >= 15 is 0 Å². The summed E-state index contributed by atoms with van der Waals surface area (Å²) in [6.45, 7) is 4.01. The van der Waals surface area contributed by atoms with Gasteiger partial charge in [0, 0.05) is 5.56 Å². The predicted molar refractivity (Wildman–Crippen MR) is 69.4 cm³/mol. The zero-order valence-electron chi connectivity index (χ0n) is 11.3. The third kappa shape index (κ3) is 3.39. The lowest BCUT2D eigenvalue weighted by Crippen LogP contribution is -2.15. The highest BCUT2D eigenvalue weighted by molar-refractivity contribution is 5.77. The minimum Gasteiger partial charge on any atom is -0.497 e. The molecule has 0 aliphatic rings. The molecule has 0 radical (unpaired) electrons. The Morgan fingerprint density at radius 2 is 1.94 bits per heavy atom. The summed E-state index contributed by atoms with van der Waals surface area (Å²) in [6, 6.07) is 5.24. The Kier molecular flexibility index (Phi) is 5.01. The van der Waals surface area contributed by atoms with Crippen LogP contribution in [0.3, 0.4) is 0 Å². The molecule has 1 unspecified atom stereocenters. The van der Waals surface area contributed by atoms with Crippen LogP contribution in [0.4, 0.5) is 0 Å². The van der Waals surface area contributed by atoms with Crippen molar-refractivity contribution in [2.75, 3.05) is 14.2 Å². The van der Waals surface area contributed by atoms with Gasteiger partial charge in [0.1, 0.15) is 11.5 Å². The van der Waals surface area contributed by atoms with Crippen LogP contribution in [-0.4, -0.2) is 25.3 Å². The van der Waals surface area contributed by atoms with Crippen LogP contribution >= 0.6 is 0 Å². The van der Waals surface area contributed by atoms with Crippen LogP contribution in [-0.2, 0) is 4.79 Å². The topological polar surface area (TPSA) is 55.8 Å². The Balaban J connectivity index is 3.19. The minimum atomic E-state index is -0.838. The summed E-state index contributed by atoms with van der Waals surface area (Å²) in [5.41, 5.74) is 0.665. The van der Waals surface area contributed by atoms with E-state index in [1.807, 2.05) is 13.8 Å². The van der Waals surface area contributed by atoms with Crippen LogP contribution in [0.15, 0.2) is 18.2 Å². The average Bonchev–Trinajstić information content (AvgIpc) is 2.34. The van der Waals surface area contributed by atoms with Gasteiger partial charge < -0.3 is 14.6 Å². The van der Waals surface area contributed by atoms with E-state index in [1.165, 1.54) is 0 Å². The normalized spacial score (nSPS) is 12.3. The molecule has 4 nitrogen and oxygen atoms in total. The smallest absolute Gasteiger partial charge is 0.311 e. The molecule has 0 saturated heterocycles. The molecular formula is C14H20O4. The van der Waals surface area contributed by atoms with Gasteiger partial charge in [-0.25, -0.2) is 0 Å². The molecule has 1 N–H and O–H groups in total. The number of carboxylic acids is 1. The van der Waals surface area contributed by atoms with Crippen molar-refractivity contribution in [3.8, 4) is 11.5 Å². The van der Waals surface area contributed by atoms with Gasteiger partial charge in [-0.05, 0) is 30.5 Å². The first-order chi connectivity index (χ1) is 8.49. The van der Waals surface area contributed by atoms with Gasteiger partial charge in [0.15, 0.2) is 0 Å². The number of ether oxygens (including phenoxy) is 2. The Hall–Kier alpha value is -1.71. The van der Waals surface area contributed by atoms with Crippen LogP contribution in [0, 0.1) is 5.92 Å². The van der Waals surface area contributed by atoms with E-state index < -0.39 is 11.9 Å². The minimum absolute atomic E-state index is 0.294. The molecule has 0 amide bonds. The summed E-state index contributed by atoms with van der Waals surface area (Å²) in [5.74, 6) is 0.108. The molecule has 1 atom stereocenters. The lowest BCUT2D eigenvalue weighted by Gasteiger charge is -2.18. The summed E-state index contributed by atoms with van der Waals surface area (Å²) in [7, 11) is 3.10. The van der Waals surface area contributed by atoms with Crippen molar-refractivity contribution in [1.29, 1.82) is 0 Å². The fourth-order valence-electron chi connectivity index (χ4n) is 1.94. The fourth-order valence-corrected chi connectivity index (χ4v) is 1.94.